The van der Waals surface area contributed by atoms with E-state index in [4.69, 9.17) is 14.2 Å². The fourth-order valence-electron chi connectivity index (χ4n) is 6.50. The quantitative estimate of drug-likeness (QED) is 0.354. The minimum atomic E-state index is -4.50. The number of ketones is 1. The molecule has 1 aliphatic heterocycles. The number of aromatic amines is 1. The molecule has 2 aromatic heterocycles. The maximum Gasteiger partial charge on any atom is 0.417 e. The number of aromatic nitrogens is 3. The summed E-state index contributed by atoms with van der Waals surface area (Å²) in [6.45, 7) is 1.90. The Morgan fingerprint density at radius 2 is 1.86 bits per heavy atom. The molecule has 2 saturated carbocycles. The van der Waals surface area contributed by atoms with Crippen molar-refractivity contribution in [1.82, 2.24) is 20.1 Å². The molecule has 1 spiro atoms. The summed E-state index contributed by atoms with van der Waals surface area (Å²) in [5, 5.41) is 6.85. The average Bonchev–Trinajstić information content (AvgIpc) is 3.56. The number of carbonyl (C=O) groups is 2. The van der Waals surface area contributed by atoms with Gasteiger partial charge < -0.3 is 19.1 Å². The van der Waals surface area contributed by atoms with Crippen LogP contribution in [0.2, 0.25) is 0 Å². The predicted molar refractivity (Wildman–Crippen MR) is 147 cm³/mol. The van der Waals surface area contributed by atoms with E-state index in [9.17, 15) is 27.2 Å². The molecule has 43 heavy (non-hydrogen) atoms. The first-order valence-electron chi connectivity index (χ1n) is 14.7. The standard InChI is InChI=1S/C30H38F4N4O5/c1-18(41-2)17-43-29(30(32,33)34)7-4-19(5-8-29)12-25(39)20-6-11-38(28(15-20)9-10-28)27(40)24-14-23(36-37-24)21-13-26(42-3)35-16-22(21)31/h13-14,16,18-20H,4-12,15,17H2,1-3H3,(H,36,37)/t18-,19?,20-,29?/m0/s1. The molecule has 1 amide bonds. The Hall–Kier alpha value is -3.06. The summed E-state index contributed by atoms with van der Waals surface area (Å²) in [5.41, 5.74) is -2.00. The number of nitrogens with one attached hydrogen (secondary N) is 1. The molecule has 1 N–H and O–H groups in total. The van der Waals surface area contributed by atoms with Gasteiger partial charge in [-0.25, -0.2) is 9.37 Å². The van der Waals surface area contributed by atoms with E-state index in [0.29, 0.717) is 19.4 Å². The van der Waals surface area contributed by atoms with Crippen molar-refractivity contribution in [1.29, 1.82) is 0 Å². The van der Waals surface area contributed by atoms with Crippen LogP contribution in [0.5, 0.6) is 5.88 Å². The molecule has 2 aliphatic carbocycles. The van der Waals surface area contributed by atoms with Crippen LogP contribution in [-0.4, -0.2) is 82.6 Å². The van der Waals surface area contributed by atoms with Gasteiger partial charge in [0.25, 0.3) is 5.91 Å². The van der Waals surface area contributed by atoms with Crippen LogP contribution in [0.15, 0.2) is 18.3 Å². The Bertz CT molecular complexity index is 1320. The second kappa shape index (κ2) is 12.1. The highest BCUT2D eigenvalue weighted by atomic mass is 19.4. The first kappa shape index (κ1) is 31.4. The van der Waals surface area contributed by atoms with Crippen molar-refractivity contribution in [3.8, 4) is 17.1 Å². The third-order valence-electron chi connectivity index (χ3n) is 9.47. The highest BCUT2D eigenvalue weighted by Gasteiger charge is 2.58. The zero-order chi connectivity index (χ0) is 31.0. The van der Waals surface area contributed by atoms with Gasteiger partial charge in [0, 0.05) is 43.2 Å². The number of halogens is 4. The fourth-order valence-corrected chi connectivity index (χ4v) is 6.50. The van der Waals surface area contributed by atoms with E-state index in [2.05, 4.69) is 15.2 Å². The van der Waals surface area contributed by atoms with Crippen LogP contribution in [0, 0.1) is 17.7 Å². The number of carbonyl (C=O) groups excluding carboxylic acids is 2. The van der Waals surface area contributed by atoms with Gasteiger partial charge in [0.1, 0.15) is 11.5 Å². The zero-order valence-corrected chi connectivity index (χ0v) is 24.6. The SMILES string of the molecule is COc1cc(-c2cc(C(=O)N3CC[C@H](C(=O)CC4CCC(OC[C@H](C)OC)(C(F)(F)F)CC4)CC34CC4)[nH]n2)c(F)cn1. The van der Waals surface area contributed by atoms with E-state index in [-0.39, 0.29) is 85.1 Å². The third-order valence-corrected chi connectivity index (χ3v) is 9.47. The number of pyridine rings is 1. The first-order valence-corrected chi connectivity index (χ1v) is 14.7. The first-order chi connectivity index (χ1) is 20.4. The van der Waals surface area contributed by atoms with Crippen LogP contribution in [0.4, 0.5) is 17.6 Å². The highest BCUT2D eigenvalue weighted by Crippen LogP contribution is 2.52. The molecular weight excluding hydrogens is 572 g/mol. The zero-order valence-electron chi connectivity index (χ0n) is 24.6. The molecule has 0 bridgehead atoms. The summed E-state index contributed by atoms with van der Waals surface area (Å²) < 4.78 is 71.9. The number of rotatable bonds is 10. The lowest BCUT2D eigenvalue weighted by Gasteiger charge is -2.42. The topological polar surface area (TPSA) is 107 Å². The number of hydrogen-bond donors (Lipinski definition) is 1. The number of alkyl halides is 3. The molecule has 13 heteroatoms. The number of H-pyrrole nitrogens is 1. The maximum absolute atomic E-state index is 14.4. The predicted octanol–water partition coefficient (Wildman–Crippen LogP) is 5.51. The minimum absolute atomic E-state index is 0.0581. The molecule has 3 fully saturated rings. The summed E-state index contributed by atoms with van der Waals surface area (Å²) in [6.07, 6.45) is -0.937. The number of amides is 1. The number of nitrogens with zero attached hydrogens (tertiary/aromatic N) is 3. The Morgan fingerprint density at radius 1 is 1.14 bits per heavy atom. The van der Waals surface area contributed by atoms with Gasteiger partial charge in [-0.05, 0) is 70.3 Å². The number of ether oxygens (including phenoxy) is 3. The van der Waals surface area contributed by atoms with Gasteiger partial charge in [0.15, 0.2) is 11.4 Å². The molecule has 2 atom stereocenters. The summed E-state index contributed by atoms with van der Waals surface area (Å²) in [4.78, 5) is 32.4. The van der Waals surface area contributed by atoms with Crippen LogP contribution in [0.25, 0.3) is 11.3 Å². The maximum atomic E-state index is 14.4. The Labute approximate surface area is 247 Å². The minimum Gasteiger partial charge on any atom is -0.481 e. The van der Waals surface area contributed by atoms with E-state index < -0.39 is 29.2 Å². The number of piperidine rings is 1. The largest absolute Gasteiger partial charge is 0.481 e. The van der Waals surface area contributed by atoms with Gasteiger partial charge in [-0.3, -0.25) is 14.7 Å². The molecular formula is C30H38F4N4O5. The van der Waals surface area contributed by atoms with Crippen LogP contribution in [0.1, 0.15) is 75.2 Å². The average molecular weight is 611 g/mol. The second-order valence-electron chi connectivity index (χ2n) is 12.2. The van der Waals surface area contributed by atoms with Gasteiger partial charge in [-0.2, -0.15) is 18.3 Å². The summed E-state index contributed by atoms with van der Waals surface area (Å²) >= 11 is 0. The molecule has 5 rings (SSSR count). The molecule has 0 radical (unpaired) electrons. The van der Waals surface area contributed by atoms with Crippen LogP contribution in [0.3, 0.4) is 0 Å². The second-order valence-corrected chi connectivity index (χ2v) is 12.2. The summed E-state index contributed by atoms with van der Waals surface area (Å²) in [6, 6.07) is 2.90. The highest BCUT2D eigenvalue weighted by molar-refractivity contribution is 5.94. The lowest BCUT2D eigenvalue weighted by atomic mass is 9.74. The monoisotopic (exact) mass is 610 g/mol. The number of methoxy groups -OCH3 is 2. The van der Waals surface area contributed by atoms with Crippen molar-refractivity contribution < 1.29 is 41.4 Å². The molecule has 9 nitrogen and oxygen atoms in total. The molecule has 1 saturated heterocycles. The van der Waals surface area contributed by atoms with Crippen molar-refractivity contribution in [2.75, 3.05) is 27.4 Å². The van der Waals surface area contributed by atoms with Gasteiger partial charge in [0.05, 0.1) is 31.7 Å². The van der Waals surface area contributed by atoms with Gasteiger partial charge >= 0.3 is 6.18 Å². The Balaban J connectivity index is 1.18. The van der Waals surface area contributed by atoms with E-state index in [1.54, 1.807) is 11.8 Å². The smallest absolute Gasteiger partial charge is 0.417 e. The van der Waals surface area contributed by atoms with Crippen LogP contribution >= 0.6 is 0 Å². The summed E-state index contributed by atoms with van der Waals surface area (Å²) in [5.74, 6) is -0.953. The lowest BCUT2D eigenvalue weighted by Crippen LogP contribution is -2.51. The van der Waals surface area contributed by atoms with Gasteiger partial charge in [-0.1, -0.05) is 0 Å². The van der Waals surface area contributed by atoms with Crippen molar-refractivity contribution in [2.24, 2.45) is 11.8 Å². The molecule has 236 valence electrons. The number of hydrogen-bond acceptors (Lipinski definition) is 7. The van der Waals surface area contributed by atoms with Gasteiger partial charge in [0.2, 0.25) is 5.88 Å². The molecule has 0 unspecified atom stereocenters. The van der Waals surface area contributed by atoms with Crippen LogP contribution < -0.4 is 4.74 Å². The van der Waals surface area contributed by atoms with E-state index in [1.165, 1.54) is 26.4 Å². The van der Waals surface area contributed by atoms with E-state index >= 15 is 0 Å². The van der Waals surface area contributed by atoms with Crippen molar-refractivity contribution in [3.63, 3.8) is 0 Å². The number of Topliss-reactive ketones (excluding diaryl/α,β-unsaturated/α-hetero) is 1. The third kappa shape index (κ3) is 6.43. The Kier molecular flexibility index (Phi) is 8.86. The van der Waals surface area contributed by atoms with Crippen molar-refractivity contribution in [3.05, 3.63) is 29.8 Å². The molecule has 3 heterocycles. The molecule has 2 aromatic rings. The summed E-state index contributed by atoms with van der Waals surface area (Å²) in [7, 11) is 2.85. The molecule has 0 aromatic carbocycles. The van der Waals surface area contributed by atoms with Crippen molar-refractivity contribution in [2.45, 2.75) is 88.1 Å². The van der Waals surface area contributed by atoms with Crippen LogP contribution in [-0.2, 0) is 14.3 Å². The fraction of sp³-hybridized carbons (Fsp3) is 0.667. The molecule has 3 aliphatic rings. The van der Waals surface area contributed by atoms with Crippen molar-refractivity contribution >= 4 is 11.7 Å². The normalized spacial score (nSPS) is 25.9. The lowest BCUT2D eigenvalue weighted by molar-refractivity contribution is -0.294. The van der Waals surface area contributed by atoms with Gasteiger partial charge in [-0.15, -0.1) is 0 Å². The van der Waals surface area contributed by atoms with E-state index in [1.807, 2.05) is 0 Å². The Morgan fingerprint density at radius 3 is 2.49 bits per heavy atom. The van der Waals surface area contributed by atoms with E-state index in [0.717, 1.165) is 19.0 Å². The number of likely N-dealkylation sites (tertiary alicyclic amines) is 1.